The molecule has 0 unspecified atom stereocenters. The molecule has 2 rings (SSSR count). The highest BCUT2D eigenvalue weighted by molar-refractivity contribution is 5.97. The first kappa shape index (κ1) is 16.3. The van der Waals surface area contributed by atoms with Crippen molar-refractivity contribution in [3.63, 3.8) is 0 Å². The van der Waals surface area contributed by atoms with Crippen LogP contribution in [0, 0.1) is 11.3 Å². The minimum absolute atomic E-state index is 0.0351. The summed E-state index contributed by atoms with van der Waals surface area (Å²) in [5.41, 5.74) is 1.74. The fraction of sp³-hybridized carbons (Fsp3) is 0.158. The third-order valence-corrected chi connectivity index (χ3v) is 3.03. The fourth-order valence-corrected chi connectivity index (χ4v) is 1.95. The van der Waals surface area contributed by atoms with Gasteiger partial charge < -0.3 is 9.47 Å². The molecule has 116 valence electrons. The van der Waals surface area contributed by atoms with E-state index in [2.05, 4.69) is 0 Å². The molecular weight excluding hydrogens is 290 g/mol. The Labute approximate surface area is 135 Å². The Morgan fingerprint density at radius 1 is 1.17 bits per heavy atom. The Morgan fingerprint density at radius 3 is 2.65 bits per heavy atom. The van der Waals surface area contributed by atoms with Crippen molar-refractivity contribution in [2.24, 2.45) is 0 Å². The Bertz CT molecular complexity index is 730. The van der Waals surface area contributed by atoms with E-state index in [1.807, 2.05) is 48.5 Å². The van der Waals surface area contributed by atoms with Gasteiger partial charge in [0.1, 0.15) is 24.0 Å². The van der Waals surface area contributed by atoms with Gasteiger partial charge in [-0.15, -0.1) is 0 Å². The summed E-state index contributed by atoms with van der Waals surface area (Å²) in [4.78, 5) is 11.6. The van der Waals surface area contributed by atoms with Gasteiger partial charge in [-0.1, -0.05) is 42.5 Å². The van der Waals surface area contributed by atoms with Crippen molar-refractivity contribution in [1.29, 1.82) is 5.26 Å². The van der Waals surface area contributed by atoms with Crippen molar-refractivity contribution in [1.82, 2.24) is 0 Å². The van der Waals surface area contributed by atoms with Crippen LogP contribution in [-0.2, 0) is 16.1 Å². The van der Waals surface area contributed by atoms with Crippen LogP contribution in [0.5, 0.6) is 5.75 Å². The second-order valence-electron chi connectivity index (χ2n) is 4.74. The Morgan fingerprint density at radius 2 is 1.96 bits per heavy atom. The van der Waals surface area contributed by atoms with E-state index in [0.29, 0.717) is 17.9 Å². The van der Waals surface area contributed by atoms with Gasteiger partial charge in [-0.2, -0.15) is 5.26 Å². The van der Waals surface area contributed by atoms with Crippen LogP contribution in [0.25, 0.3) is 6.08 Å². The highest BCUT2D eigenvalue weighted by Crippen LogP contribution is 2.17. The van der Waals surface area contributed by atoms with Crippen molar-refractivity contribution in [2.75, 3.05) is 6.61 Å². The second-order valence-corrected chi connectivity index (χ2v) is 4.74. The second kappa shape index (κ2) is 8.40. The number of nitriles is 1. The number of ether oxygens (including phenoxy) is 2. The predicted molar refractivity (Wildman–Crippen MR) is 87.4 cm³/mol. The molecule has 0 heterocycles. The minimum atomic E-state index is -0.620. The number of hydrogen-bond donors (Lipinski definition) is 0. The first-order valence-electron chi connectivity index (χ1n) is 7.28. The van der Waals surface area contributed by atoms with Crippen LogP contribution >= 0.6 is 0 Å². The predicted octanol–water partition coefficient (Wildman–Crippen LogP) is 3.74. The van der Waals surface area contributed by atoms with Crippen LogP contribution in [0.3, 0.4) is 0 Å². The van der Waals surface area contributed by atoms with Gasteiger partial charge in [0.05, 0.1) is 6.61 Å². The topological polar surface area (TPSA) is 59.3 Å². The summed E-state index contributed by atoms with van der Waals surface area (Å²) < 4.78 is 10.6. The summed E-state index contributed by atoms with van der Waals surface area (Å²) in [7, 11) is 0. The average molecular weight is 307 g/mol. The average Bonchev–Trinajstić information content (AvgIpc) is 2.59. The lowest BCUT2D eigenvalue weighted by Crippen LogP contribution is -2.06. The van der Waals surface area contributed by atoms with Gasteiger partial charge >= 0.3 is 5.97 Å². The molecule has 0 amide bonds. The molecule has 0 atom stereocenters. The zero-order valence-corrected chi connectivity index (χ0v) is 12.9. The molecule has 0 aromatic heterocycles. The summed E-state index contributed by atoms with van der Waals surface area (Å²) in [6.07, 6.45) is 1.49. The summed E-state index contributed by atoms with van der Waals surface area (Å²) in [6.45, 7) is 2.39. The van der Waals surface area contributed by atoms with E-state index in [0.717, 1.165) is 5.56 Å². The van der Waals surface area contributed by atoms with Gasteiger partial charge in [-0.25, -0.2) is 4.79 Å². The summed E-state index contributed by atoms with van der Waals surface area (Å²) >= 11 is 0. The van der Waals surface area contributed by atoms with Gasteiger partial charge in [-0.05, 0) is 36.3 Å². The molecule has 0 saturated heterocycles. The zero-order valence-electron chi connectivity index (χ0n) is 12.9. The zero-order chi connectivity index (χ0) is 16.5. The third-order valence-electron chi connectivity index (χ3n) is 3.03. The quantitative estimate of drug-likeness (QED) is 0.463. The van der Waals surface area contributed by atoms with Gasteiger partial charge in [0.25, 0.3) is 0 Å². The van der Waals surface area contributed by atoms with Crippen molar-refractivity contribution >= 4 is 12.0 Å². The van der Waals surface area contributed by atoms with Crippen LogP contribution in [-0.4, -0.2) is 12.6 Å². The number of hydrogen-bond acceptors (Lipinski definition) is 4. The number of benzene rings is 2. The van der Waals surface area contributed by atoms with Crippen molar-refractivity contribution < 1.29 is 14.3 Å². The van der Waals surface area contributed by atoms with Gasteiger partial charge in [-0.3, -0.25) is 0 Å². The number of carbonyl (C=O) groups is 1. The molecule has 4 nitrogen and oxygen atoms in total. The molecular formula is C19H17NO3. The molecule has 4 heteroatoms. The first-order chi connectivity index (χ1) is 11.2. The number of nitrogens with zero attached hydrogens (tertiary/aromatic N) is 1. The standard InChI is InChI=1S/C19H17NO3/c1-2-22-19(21)17(13-20)11-16-9-6-10-18(12-16)23-14-15-7-4-3-5-8-15/h3-12H,2,14H2,1H3/b17-11+. The van der Waals surface area contributed by atoms with Gasteiger partial charge in [0.2, 0.25) is 0 Å². The highest BCUT2D eigenvalue weighted by Gasteiger charge is 2.09. The maximum atomic E-state index is 11.6. The van der Waals surface area contributed by atoms with Crippen LogP contribution < -0.4 is 4.74 Å². The minimum Gasteiger partial charge on any atom is -0.489 e. The molecule has 0 aliphatic heterocycles. The van der Waals surface area contributed by atoms with E-state index in [9.17, 15) is 4.79 Å². The Hall–Kier alpha value is -3.06. The molecule has 0 aliphatic rings. The van der Waals surface area contributed by atoms with Crippen LogP contribution in [0.2, 0.25) is 0 Å². The molecule has 23 heavy (non-hydrogen) atoms. The summed E-state index contributed by atoms with van der Waals surface area (Å²) in [5, 5.41) is 9.06. The highest BCUT2D eigenvalue weighted by atomic mass is 16.5. The lowest BCUT2D eigenvalue weighted by molar-refractivity contribution is -0.137. The monoisotopic (exact) mass is 307 g/mol. The largest absolute Gasteiger partial charge is 0.489 e. The van der Waals surface area contributed by atoms with Crippen molar-refractivity contribution in [3.8, 4) is 11.8 Å². The molecule has 0 N–H and O–H groups in total. The van der Waals surface area contributed by atoms with E-state index in [1.54, 1.807) is 19.1 Å². The molecule has 0 radical (unpaired) electrons. The fourth-order valence-electron chi connectivity index (χ4n) is 1.95. The lowest BCUT2D eigenvalue weighted by atomic mass is 10.1. The van der Waals surface area contributed by atoms with Crippen molar-refractivity contribution in [3.05, 3.63) is 71.3 Å². The van der Waals surface area contributed by atoms with Gasteiger partial charge in [0.15, 0.2) is 0 Å². The maximum Gasteiger partial charge on any atom is 0.348 e. The van der Waals surface area contributed by atoms with Crippen LogP contribution in [0.1, 0.15) is 18.1 Å². The summed E-state index contributed by atoms with van der Waals surface area (Å²) in [6, 6.07) is 18.9. The molecule has 2 aromatic carbocycles. The molecule has 2 aromatic rings. The molecule has 0 aliphatic carbocycles. The molecule has 0 fully saturated rings. The lowest BCUT2D eigenvalue weighted by Gasteiger charge is -2.07. The third kappa shape index (κ3) is 5.01. The van der Waals surface area contributed by atoms with Crippen LogP contribution in [0.15, 0.2) is 60.2 Å². The molecule has 0 saturated carbocycles. The maximum absolute atomic E-state index is 11.6. The number of rotatable bonds is 6. The Kier molecular flexibility index (Phi) is 5.96. The smallest absolute Gasteiger partial charge is 0.348 e. The molecule has 0 bridgehead atoms. The Balaban J connectivity index is 2.10. The van der Waals surface area contributed by atoms with Crippen LogP contribution in [0.4, 0.5) is 0 Å². The van der Waals surface area contributed by atoms with E-state index >= 15 is 0 Å². The van der Waals surface area contributed by atoms with E-state index < -0.39 is 5.97 Å². The van der Waals surface area contributed by atoms with E-state index in [-0.39, 0.29) is 12.2 Å². The molecule has 0 spiro atoms. The normalized spacial score (nSPS) is 10.7. The SMILES string of the molecule is CCOC(=O)/C(C#N)=C/c1cccc(OCc2ccccc2)c1. The number of carbonyl (C=O) groups excluding carboxylic acids is 1. The van der Waals surface area contributed by atoms with Gasteiger partial charge in [0, 0.05) is 0 Å². The number of esters is 1. The van der Waals surface area contributed by atoms with E-state index in [4.69, 9.17) is 14.7 Å². The summed E-state index contributed by atoms with van der Waals surface area (Å²) in [5.74, 6) is 0.0503. The van der Waals surface area contributed by atoms with Crippen molar-refractivity contribution in [2.45, 2.75) is 13.5 Å². The first-order valence-corrected chi connectivity index (χ1v) is 7.28. The van der Waals surface area contributed by atoms with E-state index in [1.165, 1.54) is 6.08 Å².